The first-order chi connectivity index (χ1) is 13.6. The van der Waals surface area contributed by atoms with Gasteiger partial charge in [0.15, 0.2) is 11.5 Å². The number of hydrogen-bond acceptors (Lipinski definition) is 4. The molecule has 7 heteroatoms. The second kappa shape index (κ2) is 9.94. The maximum Gasteiger partial charge on any atom is 0.251 e. The van der Waals surface area contributed by atoms with Crippen LogP contribution in [0.3, 0.4) is 0 Å². The van der Waals surface area contributed by atoms with Crippen molar-refractivity contribution in [1.82, 2.24) is 10.6 Å². The van der Waals surface area contributed by atoms with E-state index in [2.05, 4.69) is 26.6 Å². The van der Waals surface area contributed by atoms with Gasteiger partial charge in [0.05, 0.1) is 0 Å². The summed E-state index contributed by atoms with van der Waals surface area (Å²) in [5.41, 5.74) is 1.47. The van der Waals surface area contributed by atoms with E-state index in [1.54, 1.807) is 18.2 Å². The van der Waals surface area contributed by atoms with E-state index in [1.807, 2.05) is 30.3 Å². The first-order valence-electron chi connectivity index (χ1n) is 9.01. The van der Waals surface area contributed by atoms with Crippen molar-refractivity contribution in [3.8, 4) is 11.5 Å². The highest BCUT2D eigenvalue weighted by Gasteiger charge is 2.10. The molecule has 0 atom stereocenters. The SMILES string of the molecule is O=C(/C=C/c1ccc2c(c1)OCCO2)NCCCNC(=O)c1ccc(Br)cc1. The van der Waals surface area contributed by atoms with E-state index < -0.39 is 0 Å². The van der Waals surface area contributed by atoms with E-state index in [0.717, 1.165) is 15.8 Å². The maximum absolute atomic E-state index is 12.0. The number of fused-ring (bicyclic) bond motifs is 1. The van der Waals surface area contributed by atoms with Crippen molar-refractivity contribution in [3.05, 3.63) is 64.1 Å². The van der Waals surface area contributed by atoms with Crippen LogP contribution in [0.2, 0.25) is 0 Å². The van der Waals surface area contributed by atoms with Crippen molar-refractivity contribution in [2.75, 3.05) is 26.3 Å². The van der Waals surface area contributed by atoms with E-state index in [4.69, 9.17) is 9.47 Å². The van der Waals surface area contributed by atoms with E-state index in [0.29, 0.717) is 44.0 Å². The number of benzene rings is 2. The Balaban J connectivity index is 1.36. The topological polar surface area (TPSA) is 76.7 Å². The molecule has 3 rings (SSSR count). The molecule has 0 bridgehead atoms. The van der Waals surface area contributed by atoms with Crippen molar-refractivity contribution in [1.29, 1.82) is 0 Å². The smallest absolute Gasteiger partial charge is 0.251 e. The van der Waals surface area contributed by atoms with Crippen molar-refractivity contribution in [2.45, 2.75) is 6.42 Å². The first-order valence-corrected chi connectivity index (χ1v) is 9.80. The quantitative estimate of drug-likeness (QED) is 0.507. The molecule has 1 aliphatic heterocycles. The summed E-state index contributed by atoms with van der Waals surface area (Å²) in [6.45, 7) is 2.04. The average Bonchev–Trinajstić information content (AvgIpc) is 2.72. The number of hydrogen-bond donors (Lipinski definition) is 2. The van der Waals surface area contributed by atoms with Crippen LogP contribution in [0, 0.1) is 0 Å². The minimum atomic E-state index is -0.186. The predicted octanol–water partition coefficient (Wildman–Crippen LogP) is 3.17. The molecule has 0 saturated heterocycles. The normalized spacial score (nSPS) is 12.6. The number of amides is 2. The molecule has 6 nitrogen and oxygen atoms in total. The van der Waals surface area contributed by atoms with Gasteiger partial charge in [0.25, 0.3) is 5.91 Å². The Bertz CT molecular complexity index is 865. The lowest BCUT2D eigenvalue weighted by Gasteiger charge is -2.18. The molecule has 1 aliphatic rings. The van der Waals surface area contributed by atoms with Crippen LogP contribution in [0.1, 0.15) is 22.3 Å². The standard InChI is InChI=1S/C21H21BrN2O4/c22-17-6-4-16(5-7-17)21(26)24-11-1-10-23-20(25)9-3-15-2-8-18-19(14-15)28-13-12-27-18/h2-9,14H,1,10-13H2,(H,23,25)(H,24,26)/b9-3+. The lowest BCUT2D eigenvalue weighted by Crippen LogP contribution is -2.29. The molecule has 0 fully saturated rings. The van der Waals surface area contributed by atoms with Crippen molar-refractivity contribution in [2.24, 2.45) is 0 Å². The fourth-order valence-electron chi connectivity index (χ4n) is 2.60. The van der Waals surface area contributed by atoms with E-state index >= 15 is 0 Å². The molecule has 0 radical (unpaired) electrons. The second-order valence-electron chi connectivity index (χ2n) is 6.14. The summed E-state index contributed by atoms with van der Waals surface area (Å²) in [4.78, 5) is 23.9. The fourth-order valence-corrected chi connectivity index (χ4v) is 2.86. The van der Waals surface area contributed by atoms with Crippen LogP contribution in [0.25, 0.3) is 6.08 Å². The molecular formula is C21H21BrN2O4. The third kappa shape index (κ3) is 5.85. The molecule has 2 amide bonds. The zero-order valence-electron chi connectivity index (χ0n) is 15.2. The summed E-state index contributed by atoms with van der Waals surface area (Å²) in [6.07, 6.45) is 3.85. The minimum Gasteiger partial charge on any atom is -0.486 e. The van der Waals surface area contributed by atoms with E-state index in [1.165, 1.54) is 6.08 Å². The Morgan fingerprint density at radius 1 is 0.964 bits per heavy atom. The Kier molecular flexibility index (Phi) is 7.08. The second-order valence-corrected chi connectivity index (χ2v) is 7.06. The number of nitrogens with one attached hydrogen (secondary N) is 2. The van der Waals surface area contributed by atoms with Gasteiger partial charge in [0.2, 0.25) is 5.91 Å². The van der Waals surface area contributed by atoms with Gasteiger partial charge >= 0.3 is 0 Å². The molecule has 0 saturated carbocycles. The zero-order valence-corrected chi connectivity index (χ0v) is 16.8. The summed E-state index contributed by atoms with van der Waals surface area (Å²) >= 11 is 3.34. The van der Waals surface area contributed by atoms with Gasteiger partial charge in [-0.2, -0.15) is 0 Å². The summed E-state index contributed by atoms with van der Waals surface area (Å²) in [7, 11) is 0. The number of carbonyl (C=O) groups is 2. The minimum absolute atomic E-state index is 0.127. The van der Waals surface area contributed by atoms with Crippen LogP contribution in [0.4, 0.5) is 0 Å². The van der Waals surface area contributed by atoms with Crippen molar-refractivity contribution < 1.29 is 19.1 Å². The Hall–Kier alpha value is -2.80. The Morgan fingerprint density at radius 2 is 1.68 bits per heavy atom. The largest absolute Gasteiger partial charge is 0.486 e. The molecule has 28 heavy (non-hydrogen) atoms. The molecule has 2 N–H and O–H groups in total. The zero-order chi connectivity index (χ0) is 19.8. The maximum atomic E-state index is 12.0. The predicted molar refractivity (Wildman–Crippen MR) is 111 cm³/mol. The monoisotopic (exact) mass is 444 g/mol. The lowest BCUT2D eigenvalue weighted by atomic mass is 10.2. The van der Waals surface area contributed by atoms with Crippen LogP contribution in [0.5, 0.6) is 11.5 Å². The van der Waals surface area contributed by atoms with Crippen LogP contribution in [-0.2, 0) is 4.79 Å². The van der Waals surface area contributed by atoms with Crippen molar-refractivity contribution >= 4 is 33.8 Å². The van der Waals surface area contributed by atoms with E-state index in [9.17, 15) is 9.59 Å². The van der Waals surface area contributed by atoms with Crippen molar-refractivity contribution in [3.63, 3.8) is 0 Å². The van der Waals surface area contributed by atoms with Gasteiger partial charge in [-0.25, -0.2) is 0 Å². The highest BCUT2D eigenvalue weighted by Crippen LogP contribution is 2.31. The summed E-state index contributed by atoms with van der Waals surface area (Å²) in [5.74, 6) is 1.10. The van der Waals surface area contributed by atoms with Crippen LogP contribution < -0.4 is 20.1 Å². The molecule has 2 aromatic carbocycles. The summed E-state index contributed by atoms with van der Waals surface area (Å²) in [5, 5.41) is 5.63. The highest BCUT2D eigenvalue weighted by molar-refractivity contribution is 9.10. The molecule has 0 aromatic heterocycles. The van der Waals surface area contributed by atoms with Crippen LogP contribution in [0.15, 0.2) is 53.0 Å². The molecule has 0 unspecified atom stereocenters. The van der Waals surface area contributed by atoms with Gasteiger partial charge in [-0.15, -0.1) is 0 Å². The fraction of sp³-hybridized carbons (Fsp3) is 0.238. The molecule has 1 heterocycles. The summed E-state index contributed by atoms with van der Waals surface area (Å²) in [6, 6.07) is 12.7. The Morgan fingerprint density at radius 3 is 2.46 bits per heavy atom. The third-order valence-electron chi connectivity index (χ3n) is 4.04. The number of rotatable bonds is 7. The van der Waals surface area contributed by atoms with Gasteiger partial charge in [0, 0.05) is 29.2 Å². The third-order valence-corrected chi connectivity index (χ3v) is 4.57. The molecule has 2 aromatic rings. The van der Waals surface area contributed by atoms with Gasteiger partial charge in [-0.3, -0.25) is 9.59 Å². The van der Waals surface area contributed by atoms with Gasteiger partial charge in [-0.1, -0.05) is 22.0 Å². The highest BCUT2D eigenvalue weighted by atomic mass is 79.9. The molecule has 0 spiro atoms. The van der Waals surface area contributed by atoms with Gasteiger partial charge < -0.3 is 20.1 Å². The van der Waals surface area contributed by atoms with Gasteiger partial charge in [-0.05, 0) is 54.5 Å². The van der Waals surface area contributed by atoms with Crippen LogP contribution >= 0.6 is 15.9 Å². The molecule has 146 valence electrons. The number of halogens is 1. The summed E-state index contributed by atoms with van der Waals surface area (Å²) < 4.78 is 11.9. The van der Waals surface area contributed by atoms with Gasteiger partial charge in [0.1, 0.15) is 13.2 Å². The van der Waals surface area contributed by atoms with Crippen LogP contribution in [-0.4, -0.2) is 38.1 Å². The average molecular weight is 445 g/mol. The number of carbonyl (C=O) groups excluding carboxylic acids is 2. The Labute approximate surface area is 172 Å². The lowest BCUT2D eigenvalue weighted by molar-refractivity contribution is -0.116. The van der Waals surface area contributed by atoms with E-state index in [-0.39, 0.29) is 11.8 Å². The molecule has 0 aliphatic carbocycles. The first kappa shape index (κ1) is 19.9. The number of ether oxygens (including phenoxy) is 2. The molecular weight excluding hydrogens is 424 g/mol.